The number of carbonyl (C=O) groups is 2. The Hall–Kier alpha value is -1.82. The van der Waals surface area contributed by atoms with Crippen molar-refractivity contribution in [2.24, 2.45) is 0 Å². The van der Waals surface area contributed by atoms with E-state index in [-0.39, 0.29) is 30.4 Å². The average molecular weight is 314 g/mol. The fraction of sp³-hybridized carbons (Fsp3) is 0.500. The third-order valence-electron chi connectivity index (χ3n) is 3.28. The van der Waals surface area contributed by atoms with Gasteiger partial charge >= 0.3 is 6.09 Å². The lowest BCUT2D eigenvalue weighted by Crippen LogP contribution is -2.46. The van der Waals surface area contributed by atoms with Gasteiger partial charge in [-0.3, -0.25) is 9.78 Å². The second-order valence-corrected chi connectivity index (χ2v) is 4.68. The van der Waals surface area contributed by atoms with E-state index in [0.29, 0.717) is 25.3 Å². The Balaban J connectivity index is 0.00000220. The highest BCUT2D eigenvalue weighted by molar-refractivity contribution is 5.94. The lowest BCUT2D eigenvalue weighted by molar-refractivity contribution is 0.0860. The van der Waals surface area contributed by atoms with Gasteiger partial charge in [-0.05, 0) is 31.9 Å². The van der Waals surface area contributed by atoms with Crippen molar-refractivity contribution in [2.75, 3.05) is 19.7 Å². The summed E-state index contributed by atoms with van der Waals surface area (Å²) in [6, 6.07) is 3.56. The number of halogens is 1. The molecule has 7 heteroatoms. The van der Waals surface area contributed by atoms with Crippen LogP contribution in [-0.2, 0) is 4.74 Å². The lowest BCUT2D eigenvalue weighted by Gasteiger charge is -2.31. The second-order valence-electron chi connectivity index (χ2n) is 4.68. The van der Waals surface area contributed by atoms with E-state index in [1.165, 1.54) is 0 Å². The fourth-order valence-electron chi connectivity index (χ4n) is 2.19. The highest BCUT2D eigenvalue weighted by Crippen LogP contribution is 2.12. The highest BCUT2D eigenvalue weighted by atomic mass is 35.5. The number of hydrogen-bond acceptors (Lipinski definition) is 4. The molecule has 1 fully saturated rings. The molecule has 1 aromatic heterocycles. The number of rotatable bonds is 3. The fourth-order valence-corrected chi connectivity index (χ4v) is 2.19. The first-order valence-corrected chi connectivity index (χ1v) is 6.83. The molecule has 0 spiro atoms. The number of nitrogens with zero attached hydrogens (tertiary/aromatic N) is 2. The van der Waals surface area contributed by atoms with Crippen LogP contribution in [0.15, 0.2) is 24.5 Å². The van der Waals surface area contributed by atoms with Crippen molar-refractivity contribution in [1.29, 1.82) is 0 Å². The van der Waals surface area contributed by atoms with E-state index in [1.807, 2.05) is 0 Å². The number of likely N-dealkylation sites (tertiary alicyclic amines) is 1. The molecule has 2 heterocycles. The number of aromatic nitrogens is 1. The predicted octanol–water partition coefficient (Wildman–Crippen LogP) is 1.85. The summed E-state index contributed by atoms with van der Waals surface area (Å²) >= 11 is 0. The maximum absolute atomic E-state index is 12.0. The topological polar surface area (TPSA) is 71.5 Å². The van der Waals surface area contributed by atoms with Gasteiger partial charge in [0.1, 0.15) is 0 Å². The molecule has 2 amide bonds. The number of ether oxygens (including phenoxy) is 1. The minimum Gasteiger partial charge on any atom is -0.450 e. The van der Waals surface area contributed by atoms with Crippen molar-refractivity contribution in [3.05, 3.63) is 30.1 Å². The minimum absolute atomic E-state index is 0. The summed E-state index contributed by atoms with van der Waals surface area (Å²) < 4.78 is 4.96. The van der Waals surface area contributed by atoms with Crippen LogP contribution < -0.4 is 5.32 Å². The van der Waals surface area contributed by atoms with Crippen LogP contribution in [0.3, 0.4) is 0 Å². The molecule has 116 valence electrons. The number of amides is 2. The normalized spacial score (nSPS) is 15.0. The van der Waals surface area contributed by atoms with Crippen LogP contribution in [-0.4, -0.2) is 47.6 Å². The van der Waals surface area contributed by atoms with E-state index in [0.717, 1.165) is 12.8 Å². The van der Waals surface area contributed by atoms with Gasteiger partial charge in [0.15, 0.2) is 0 Å². The monoisotopic (exact) mass is 313 g/mol. The van der Waals surface area contributed by atoms with Gasteiger partial charge in [0.05, 0.1) is 12.2 Å². The average Bonchev–Trinajstić information content (AvgIpc) is 2.49. The van der Waals surface area contributed by atoms with Crippen LogP contribution in [0.4, 0.5) is 4.79 Å². The maximum Gasteiger partial charge on any atom is 0.409 e. The van der Waals surface area contributed by atoms with Crippen molar-refractivity contribution < 1.29 is 14.3 Å². The summed E-state index contributed by atoms with van der Waals surface area (Å²) in [5.41, 5.74) is 0.556. The molecule has 1 saturated heterocycles. The number of piperidine rings is 1. The van der Waals surface area contributed by atoms with Gasteiger partial charge in [0.25, 0.3) is 5.91 Å². The van der Waals surface area contributed by atoms with Crippen LogP contribution in [0, 0.1) is 0 Å². The standard InChI is InChI=1S/C14H19N3O3.ClH/c1-2-20-14(19)17-8-5-12(6-9-17)16-13(18)11-4-3-7-15-10-11;/h3-4,7,10,12H,2,5-6,8-9H2,1H3,(H,16,18);1H. The predicted molar refractivity (Wildman–Crippen MR) is 80.6 cm³/mol. The zero-order chi connectivity index (χ0) is 14.4. The molecular weight excluding hydrogens is 294 g/mol. The van der Waals surface area contributed by atoms with Crippen LogP contribution >= 0.6 is 12.4 Å². The third kappa shape index (κ3) is 4.90. The number of nitrogens with one attached hydrogen (secondary N) is 1. The van der Waals surface area contributed by atoms with Gasteiger partial charge in [-0.15, -0.1) is 12.4 Å². The molecule has 6 nitrogen and oxygen atoms in total. The molecule has 0 aliphatic carbocycles. The number of hydrogen-bond donors (Lipinski definition) is 1. The van der Waals surface area contributed by atoms with E-state index in [2.05, 4.69) is 10.3 Å². The summed E-state index contributed by atoms with van der Waals surface area (Å²) in [5, 5.41) is 2.97. The Labute approximate surface area is 130 Å². The maximum atomic E-state index is 12.0. The van der Waals surface area contributed by atoms with E-state index in [9.17, 15) is 9.59 Å². The minimum atomic E-state index is -0.274. The van der Waals surface area contributed by atoms with Gasteiger partial charge in [0, 0.05) is 31.5 Å². The summed E-state index contributed by atoms with van der Waals surface area (Å²) in [6.07, 6.45) is 4.39. The smallest absolute Gasteiger partial charge is 0.409 e. The first-order chi connectivity index (χ1) is 9.70. The molecule has 1 aliphatic rings. The Morgan fingerprint density at radius 3 is 2.71 bits per heavy atom. The van der Waals surface area contributed by atoms with E-state index in [4.69, 9.17) is 4.74 Å². The van der Waals surface area contributed by atoms with E-state index >= 15 is 0 Å². The molecule has 2 rings (SSSR count). The van der Waals surface area contributed by atoms with Crippen molar-refractivity contribution in [3.63, 3.8) is 0 Å². The van der Waals surface area contributed by atoms with E-state index < -0.39 is 0 Å². The molecule has 0 atom stereocenters. The number of carbonyl (C=O) groups excluding carboxylic acids is 2. The summed E-state index contributed by atoms with van der Waals surface area (Å²) in [5.74, 6) is -0.118. The molecular formula is C14H20ClN3O3. The molecule has 0 bridgehead atoms. The van der Waals surface area contributed by atoms with Crippen molar-refractivity contribution in [3.8, 4) is 0 Å². The summed E-state index contributed by atoms with van der Waals surface area (Å²) in [7, 11) is 0. The number of pyridine rings is 1. The SMILES string of the molecule is CCOC(=O)N1CCC(NC(=O)c2cccnc2)CC1.Cl. The van der Waals surface area contributed by atoms with Crippen molar-refractivity contribution in [1.82, 2.24) is 15.2 Å². The Kier molecular flexibility index (Phi) is 6.94. The molecule has 0 radical (unpaired) electrons. The quantitative estimate of drug-likeness (QED) is 0.924. The molecule has 1 aromatic rings. The molecule has 1 N–H and O–H groups in total. The lowest BCUT2D eigenvalue weighted by atomic mass is 10.0. The first kappa shape index (κ1) is 17.2. The highest BCUT2D eigenvalue weighted by Gasteiger charge is 2.24. The third-order valence-corrected chi connectivity index (χ3v) is 3.28. The van der Waals surface area contributed by atoms with Gasteiger partial charge < -0.3 is 15.0 Å². The zero-order valence-electron chi connectivity index (χ0n) is 11.9. The van der Waals surface area contributed by atoms with Crippen LogP contribution in [0.1, 0.15) is 30.1 Å². The van der Waals surface area contributed by atoms with Crippen LogP contribution in [0.2, 0.25) is 0 Å². The second kappa shape index (κ2) is 8.46. The van der Waals surface area contributed by atoms with Gasteiger partial charge in [-0.1, -0.05) is 0 Å². The van der Waals surface area contributed by atoms with Gasteiger partial charge in [-0.25, -0.2) is 4.79 Å². The van der Waals surface area contributed by atoms with Crippen molar-refractivity contribution in [2.45, 2.75) is 25.8 Å². The molecule has 0 saturated carbocycles. The summed E-state index contributed by atoms with van der Waals surface area (Å²) in [6.45, 7) is 3.39. The Bertz CT molecular complexity index is 462. The molecule has 21 heavy (non-hydrogen) atoms. The molecule has 1 aliphatic heterocycles. The van der Waals surface area contributed by atoms with Crippen LogP contribution in [0.5, 0.6) is 0 Å². The van der Waals surface area contributed by atoms with E-state index in [1.54, 1.807) is 36.4 Å². The molecule has 0 unspecified atom stereocenters. The first-order valence-electron chi connectivity index (χ1n) is 6.83. The van der Waals surface area contributed by atoms with Gasteiger partial charge in [-0.2, -0.15) is 0 Å². The Morgan fingerprint density at radius 1 is 1.43 bits per heavy atom. The van der Waals surface area contributed by atoms with Crippen LogP contribution in [0.25, 0.3) is 0 Å². The Morgan fingerprint density at radius 2 is 2.14 bits per heavy atom. The molecule has 0 aromatic carbocycles. The van der Waals surface area contributed by atoms with Gasteiger partial charge in [0.2, 0.25) is 0 Å². The largest absolute Gasteiger partial charge is 0.450 e. The van der Waals surface area contributed by atoms with Crippen molar-refractivity contribution >= 4 is 24.4 Å². The zero-order valence-corrected chi connectivity index (χ0v) is 12.8. The summed E-state index contributed by atoms with van der Waals surface area (Å²) in [4.78, 5) is 29.1.